The van der Waals surface area contributed by atoms with E-state index in [1.54, 1.807) is 0 Å². The number of rotatable bonds is 8. The molecule has 0 spiro atoms. The number of fused-ring (bicyclic) bond motifs is 3. The van der Waals surface area contributed by atoms with Crippen molar-refractivity contribution in [3.05, 3.63) is 292 Å². The van der Waals surface area contributed by atoms with Gasteiger partial charge in [0.25, 0.3) is 0 Å². The van der Waals surface area contributed by atoms with E-state index in [9.17, 15) is 0 Å². The zero-order valence-electron chi connectivity index (χ0n) is 37.7. The average molecular weight is 1100 g/mol. The first-order valence-corrected chi connectivity index (χ1v) is 25.1. The van der Waals surface area contributed by atoms with Crippen LogP contribution in [0, 0.1) is 23.7 Å². The topological polar surface area (TPSA) is 73.4 Å². The molecular weight excluding hydrogens is 1050 g/mol. The van der Waals surface area contributed by atoms with Crippen molar-refractivity contribution in [1.29, 1.82) is 10.5 Å². The van der Waals surface area contributed by atoms with E-state index in [0.717, 1.165) is 21.8 Å². The molecule has 0 atom stereocenters. The summed E-state index contributed by atoms with van der Waals surface area (Å²) < 4.78 is 0. The molecule has 0 radical (unpaired) electrons. The Hall–Kier alpha value is -7.72. The Morgan fingerprint density at radius 1 is 0.261 bits per heavy atom. The monoisotopic (exact) mass is 1100 g/mol. The van der Waals surface area contributed by atoms with E-state index < -0.39 is 15.8 Å². The number of hydrogen-bond acceptors (Lipinski definition) is 4. The third kappa shape index (κ3) is 13.0. The molecule has 0 saturated heterocycles. The molecule has 69 heavy (non-hydrogen) atoms. The number of aromatic nitrogens is 2. The van der Waals surface area contributed by atoms with Crippen LogP contribution in [0.1, 0.15) is 0 Å². The van der Waals surface area contributed by atoms with Crippen LogP contribution in [-0.4, -0.2) is 9.97 Å². The molecule has 0 fully saturated rings. The largest absolute Gasteiger partial charge is 2.00 e. The Bertz CT molecular complexity index is 2830. The smallest absolute Gasteiger partial charge is 0.512 e. The average Bonchev–Trinajstić information content (AvgIpc) is 3.44. The fraction of sp³-hybridized carbons (Fsp3) is 0. The predicted octanol–water partition coefficient (Wildman–Crippen LogP) is 12.7. The first-order valence-electron chi connectivity index (χ1n) is 22.1. The normalized spacial score (nSPS) is 10.1. The Labute approximate surface area is 421 Å². The van der Waals surface area contributed by atoms with Crippen LogP contribution in [0.5, 0.6) is 0 Å². The van der Waals surface area contributed by atoms with Crippen LogP contribution >= 0.6 is 15.8 Å². The van der Waals surface area contributed by atoms with E-state index in [1.165, 1.54) is 54.1 Å². The van der Waals surface area contributed by atoms with Crippen LogP contribution < -0.4 is 31.8 Å². The third-order valence-corrected chi connectivity index (χ3v) is 16.6. The van der Waals surface area contributed by atoms with Crippen LogP contribution in [0.3, 0.4) is 0 Å². The first kappa shape index (κ1) is 50.7. The first-order chi connectivity index (χ1) is 33.8. The summed E-state index contributed by atoms with van der Waals surface area (Å²) in [4.78, 5) is 9.34. The second-order valence-corrected chi connectivity index (χ2v) is 20.2. The summed E-state index contributed by atoms with van der Waals surface area (Å²) >= 11 is 0. The van der Waals surface area contributed by atoms with Gasteiger partial charge in [-0.15, -0.1) is 0 Å². The molecular formula is C62H48N4OsP2+2. The van der Waals surface area contributed by atoms with Crippen LogP contribution in [0.25, 0.3) is 44.1 Å². The van der Waals surface area contributed by atoms with Gasteiger partial charge in [0.05, 0.1) is 26.9 Å². The summed E-state index contributed by atoms with van der Waals surface area (Å²) in [6, 6.07) is 94.3. The zero-order valence-corrected chi connectivity index (χ0v) is 42.2. The number of hydrogen-bond donors (Lipinski definition) is 0. The van der Waals surface area contributed by atoms with Crippen LogP contribution in [0.2, 0.25) is 0 Å². The molecule has 11 rings (SSSR count). The van der Waals surface area contributed by atoms with E-state index in [4.69, 9.17) is 23.7 Å². The summed E-state index contributed by atoms with van der Waals surface area (Å²) in [5, 5.41) is 23.4. The predicted molar refractivity (Wildman–Crippen MR) is 291 cm³/mol. The van der Waals surface area contributed by atoms with Crippen LogP contribution in [-0.2, 0) is 19.8 Å². The Kier molecular flexibility index (Phi) is 20.0. The summed E-state index contributed by atoms with van der Waals surface area (Å²) in [6.45, 7) is 9.50. The molecule has 4 nitrogen and oxygen atoms in total. The Morgan fingerprint density at radius 3 is 0.681 bits per heavy atom. The number of nitrogens with zero attached hydrogens (tertiary/aromatic N) is 4. The second kappa shape index (κ2) is 27.2. The van der Waals surface area contributed by atoms with Gasteiger partial charge in [-0.05, 0) is 107 Å². The van der Waals surface area contributed by atoms with Gasteiger partial charge in [-0.2, -0.15) is 0 Å². The minimum atomic E-state index is -0.877. The van der Waals surface area contributed by atoms with Crippen molar-refractivity contribution >= 4 is 69.5 Å². The number of pyridine rings is 2. The fourth-order valence-electron chi connectivity index (χ4n) is 8.20. The zero-order chi connectivity index (χ0) is 47.2. The standard InChI is InChI=1S/C24H16N2.2C18H15P.2CN.Os/c1-3-7-17(8-4-1)19-13-15-25-23-21(19)11-12-22-20(14-16-26-24(22)23)18-9-5-2-6-10-18;2*1-4-10-16(11-5-1)19(17-12-6-2-7-13-17)18-14-8-3-9-15-18;2*1-2;/h1-16H;2*1-15H;;;/q;;;2*-1;+2/p+2. The summed E-state index contributed by atoms with van der Waals surface area (Å²) in [6.07, 6.45) is 3.75. The van der Waals surface area contributed by atoms with Crippen molar-refractivity contribution in [3.8, 4) is 22.3 Å². The molecule has 9 aromatic carbocycles. The van der Waals surface area contributed by atoms with E-state index in [2.05, 4.69) is 265 Å². The van der Waals surface area contributed by atoms with Crippen molar-refractivity contribution < 1.29 is 19.8 Å². The van der Waals surface area contributed by atoms with Gasteiger partial charge >= 0.3 is 19.8 Å². The van der Waals surface area contributed by atoms with E-state index in [1.807, 2.05) is 24.5 Å². The molecule has 2 aromatic heterocycles. The van der Waals surface area contributed by atoms with E-state index in [0.29, 0.717) is 0 Å². The van der Waals surface area contributed by atoms with Crippen molar-refractivity contribution in [3.63, 3.8) is 0 Å². The maximum absolute atomic E-state index is 6.25. The molecule has 0 aliphatic rings. The minimum absolute atomic E-state index is 0. The van der Waals surface area contributed by atoms with Gasteiger partial charge in [0.1, 0.15) is 31.8 Å². The summed E-state index contributed by atoms with van der Waals surface area (Å²) in [7, 11) is -1.75. The molecule has 0 unspecified atom stereocenters. The molecule has 2 heterocycles. The molecule has 332 valence electrons. The van der Waals surface area contributed by atoms with E-state index >= 15 is 0 Å². The van der Waals surface area contributed by atoms with Crippen molar-refractivity contribution in [2.45, 2.75) is 0 Å². The van der Waals surface area contributed by atoms with Gasteiger partial charge in [-0.25, -0.2) is 0 Å². The molecule has 0 aliphatic heterocycles. The fourth-order valence-corrected chi connectivity index (χ4v) is 13.4. The quantitative estimate of drug-likeness (QED) is 0.0863. The minimum Gasteiger partial charge on any atom is -0.512 e. The maximum atomic E-state index is 6.25. The molecule has 7 heteroatoms. The van der Waals surface area contributed by atoms with Gasteiger partial charge in [0.2, 0.25) is 0 Å². The molecule has 0 N–H and O–H groups in total. The maximum Gasteiger partial charge on any atom is 2.00 e. The molecule has 0 saturated carbocycles. The van der Waals surface area contributed by atoms with Crippen LogP contribution in [0.4, 0.5) is 0 Å². The van der Waals surface area contributed by atoms with Gasteiger partial charge in [-0.1, -0.05) is 182 Å². The second-order valence-electron chi connectivity index (χ2n) is 15.3. The summed E-state index contributed by atoms with van der Waals surface area (Å²) in [5.74, 6) is 0. The van der Waals surface area contributed by atoms with Crippen molar-refractivity contribution in [2.75, 3.05) is 0 Å². The third-order valence-electron chi connectivity index (χ3n) is 11.2. The molecule has 0 aliphatic carbocycles. The van der Waals surface area contributed by atoms with Crippen molar-refractivity contribution in [1.82, 2.24) is 9.97 Å². The van der Waals surface area contributed by atoms with Gasteiger partial charge < -0.3 is 23.7 Å². The molecule has 0 bridgehead atoms. The molecule has 11 aromatic rings. The Balaban J connectivity index is 0.000000166. The van der Waals surface area contributed by atoms with E-state index in [-0.39, 0.29) is 19.8 Å². The van der Waals surface area contributed by atoms with Gasteiger partial charge in [0.15, 0.2) is 0 Å². The van der Waals surface area contributed by atoms with Crippen LogP contribution in [0.15, 0.2) is 279 Å². The Morgan fingerprint density at radius 2 is 0.464 bits per heavy atom. The number of benzene rings is 9. The molecule has 0 amide bonds. The van der Waals surface area contributed by atoms with Gasteiger partial charge in [0, 0.05) is 23.2 Å². The SMILES string of the molecule is [C-]#N.[C-]#N.[Os+2].c1ccc(-c2ccnc3c2ccc2c(-c4ccccc4)ccnc23)cc1.c1ccc([PH+](c2ccccc2)c2ccccc2)cc1.c1ccc([PH+](c2ccccc2)c2ccccc2)cc1. The van der Waals surface area contributed by atoms with Gasteiger partial charge in [-0.3, -0.25) is 9.97 Å². The van der Waals surface area contributed by atoms with Crippen molar-refractivity contribution in [2.24, 2.45) is 0 Å². The summed E-state index contributed by atoms with van der Waals surface area (Å²) in [5.41, 5.74) is 6.65.